The maximum absolute atomic E-state index is 13.5. The summed E-state index contributed by atoms with van der Waals surface area (Å²) in [5.41, 5.74) is 2.52. The molecule has 7 heteroatoms. The predicted molar refractivity (Wildman–Crippen MR) is 122 cm³/mol. The molecule has 1 saturated heterocycles. The number of likely N-dealkylation sites (tertiary alicyclic amines) is 1. The first-order valence-electron chi connectivity index (χ1n) is 11.2. The fourth-order valence-corrected chi connectivity index (χ4v) is 4.71. The van der Waals surface area contributed by atoms with Crippen LogP contribution in [0.15, 0.2) is 29.4 Å². The Labute approximate surface area is 185 Å². The third kappa shape index (κ3) is 5.85. The van der Waals surface area contributed by atoms with Crippen molar-refractivity contribution < 1.29 is 14.4 Å². The highest BCUT2D eigenvalue weighted by molar-refractivity contribution is 6.01. The second-order valence-electron chi connectivity index (χ2n) is 9.50. The van der Waals surface area contributed by atoms with Crippen molar-refractivity contribution in [2.75, 3.05) is 33.7 Å². The van der Waals surface area contributed by atoms with Crippen LogP contribution in [-0.4, -0.2) is 73.2 Å². The van der Waals surface area contributed by atoms with Gasteiger partial charge >= 0.3 is 0 Å². The minimum absolute atomic E-state index is 0.0141. The van der Waals surface area contributed by atoms with Gasteiger partial charge < -0.3 is 20.0 Å². The summed E-state index contributed by atoms with van der Waals surface area (Å²) >= 11 is 0. The lowest BCUT2D eigenvalue weighted by Gasteiger charge is -2.42. The molecule has 0 unspecified atom stereocenters. The molecular weight excluding hydrogens is 392 g/mol. The average molecular weight is 429 g/mol. The molecule has 0 spiro atoms. The molecule has 0 aromatic heterocycles. The second kappa shape index (κ2) is 9.81. The molecule has 1 fully saturated rings. The van der Waals surface area contributed by atoms with E-state index in [1.54, 1.807) is 11.8 Å². The molecule has 0 radical (unpaired) electrons. The molecule has 0 aliphatic carbocycles. The average Bonchev–Trinajstić information content (AvgIpc) is 3.16. The Morgan fingerprint density at radius 2 is 2.03 bits per heavy atom. The summed E-state index contributed by atoms with van der Waals surface area (Å²) in [6, 6.07) is 8.28. The van der Waals surface area contributed by atoms with Crippen LogP contribution in [-0.2, 0) is 14.4 Å². The Morgan fingerprint density at radius 3 is 2.68 bits per heavy atom. The zero-order valence-corrected chi connectivity index (χ0v) is 19.5. The first-order chi connectivity index (χ1) is 14.7. The normalized spacial score (nSPS) is 24.5. The van der Waals surface area contributed by atoms with Gasteiger partial charge in [-0.05, 0) is 46.3 Å². The summed E-state index contributed by atoms with van der Waals surface area (Å²) in [5, 5.41) is 7.52. The lowest BCUT2D eigenvalue weighted by atomic mass is 9.73. The van der Waals surface area contributed by atoms with Gasteiger partial charge in [0.1, 0.15) is 6.10 Å². The van der Waals surface area contributed by atoms with Crippen molar-refractivity contribution in [2.45, 2.75) is 58.6 Å². The number of hydrogen-bond acceptors (Lipinski definition) is 5. The van der Waals surface area contributed by atoms with Gasteiger partial charge in [0, 0.05) is 45.4 Å². The van der Waals surface area contributed by atoms with Crippen LogP contribution in [0.1, 0.15) is 50.7 Å². The summed E-state index contributed by atoms with van der Waals surface area (Å²) in [6.45, 7) is 7.55. The molecule has 1 aromatic carbocycles. The fourth-order valence-electron chi connectivity index (χ4n) is 4.71. The summed E-state index contributed by atoms with van der Waals surface area (Å²) in [6.07, 6.45) is 2.62. The van der Waals surface area contributed by atoms with Crippen molar-refractivity contribution >= 4 is 17.5 Å². The Kier molecular flexibility index (Phi) is 7.36. The Hall–Kier alpha value is -2.41. The van der Waals surface area contributed by atoms with Crippen molar-refractivity contribution in [1.29, 1.82) is 0 Å². The highest BCUT2D eigenvalue weighted by atomic mass is 16.6. The molecule has 2 amide bonds. The lowest BCUT2D eigenvalue weighted by Crippen LogP contribution is -2.56. The minimum Gasteiger partial charge on any atom is -0.392 e. The number of benzene rings is 1. The Bertz CT molecular complexity index is 821. The predicted octanol–water partition coefficient (Wildman–Crippen LogP) is 2.57. The minimum atomic E-state index is -0.659. The molecule has 2 aliphatic rings. The third-order valence-corrected chi connectivity index (χ3v) is 6.26. The number of nitrogens with one attached hydrogen (secondary N) is 1. The van der Waals surface area contributed by atoms with Crippen molar-refractivity contribution in [3.05, 3.63) is 35.4 Å². The molecule has 2 heterocycles. The standard InChI is InChI=1S/C24H36N4O3/c1-17-7-9-20(10-8-17)22-13-21(31-26-22)14-24(11-6-12-28(16-24)19(3)29)23(30)25-18(2)15-27(4)5/h7-10,18,21H,6,11-16H2,1-5H3,(H,25,30)/t18-,21+,24-/m0/s1. The van der Waals surface area contributed by atoms with Gasteiger partial charge in [-0.15, -0.1) is 0 Å². The molecule has 0 saturated carbocycles. The van der Waals surface area contributed by atoms with Gasteiger partial charge in [-0.1, -0.05) is 35.0 Å². The van der Waals surface area contributed by atoms with Crippen LogP contribution in [0, 0.1) is 12.3 Å². The van der Waals surface area contributed by atoms with Gasteiger partial charge in [-0.3, -0.25) is 9.59 Å². The van der Waals surface area contributed by atoms with E-state index in [1.165, 1.54) is 5.56 Å². The number of likely N-dealkylation sites (N-methyl/N-ethyl adjacent to an activating group) is 1. The topological polar surface area (TPSA) is 74.2 Å². The smallest absolute Gasteiger partial charge is 0.228 e. The summed E-state index contributed by atoms with van der Waals surface area (Å²) in [4.78, 5) is 35.3. The van der Waals surface area contributed by atoms with Gasteiger partial charge in [0.2, 0.25) is 11.8 Å². The van der Waals surface area contributed by atoms with E-state index >= 15 is 0 Å². The van der Waals surface area contributed by atoms with E-state index in [1.807, 2.05) is 21.0 Å². The van der Waals surface area contributed by atoms with Gasteiger partial charge in [0.05, 0.1) is 11.1 Å². The van der Waals surface area contributed by atoms with Gasteiger partial charge in [-0.2, -0.15) is 0 Å². The number of carbonyl (C=O) groups excluding carboxylic acids is 2. The van der Waals surface area contributed by atoms with E-state index in [9.17, 15) is 9.59 Å². The maximum atomic E-state index is 13.5. The van der Waals surface area contributed by atoms with E-state index in [0.29, 0.717) is 25.9 Å². The monoisotopic (exact) mass is 428 g/mol. The Balaban J connectivity index is 1.73. The van der Waals surface area contributed by atoms with Crippen molar-refractivity contribution in [3.8, 4) is 0 Å². The molecule has 31 heavy (non-hydrogen) atoms. The van der Waals surface area contributed by atoms with E-state index in [0.717, 1.165) is 30.7 Å². The largest absolute Gasteiger partial charge is 0.392 e. The highest BCUT2D eigenvalue weighted by Gasteiger charge is 2.46. The first kappa shape index (κ1) is 23.3. The SMILES string of the molecule is CC(=O)N1CCC[C@@](C[C@H]2CC(c3ccc(C)cc3)=NO2)(C(=O)N[C@@H](C)CN(C)C)C1. The van der Waals surface area contributed by atoms with E-state index in [-0.39, 0.29) is 24.0 Å². The number of amides is 2. The van der Waals surface area contributed by atoms with Crippen LogP contribution in [0.2, 0.25) is 0 Å². The third-order valence-electron chi connectivity index (χ3n) is 6.26. The van der Waals surface area contributed by atoms with E-state index in [2.05, 4.69) is 46.6 Å². The van der Waals surface area contributed by atoms with Crippen molar-refractivity contribution in [1.82, 2.24) is 15.1 Å². The fraction of sp³-hybridized carbons (Fsp3) is 0.625. The van der Waals surface area contributed by atoms with Gasteiger partial charge in [-0.25, -0.2) is 0 Å². The number of hydrogen-bond donors (Lipinski definition) is 1. The molecular formula is C24H36N4O3. The highest BCUT2D eigenvalue weighted by Crippen LogP contribution is 2.38. The maximum Gasteiger partial charge on any atom is 0.228 e. The summed E-state index contributed by atoms with van der Waals surface area (Å²) in [5.74, 6) is 0.0299. The molecule has 1 aromatic rings. The molecule has 1 N–H and O–H groups in total. The van der Waals surface area contributed by atoms with Crippen LogP contribution in [0.4, 0.5) is 0 Å². The van der Waals surface area contributed by atoms with E-state index < -0.39 is 5.41 Å². The lowest BCUT2D eigenvalue weighted by molar-refractivity contribution is -0.143. The van der Waals surface area contributed by atoms with Crippen LogP contribution in [0.3, 0.4) is 0 Å². The number of carbonyl (C=O) groups is 2. The molecule has 0 bridgehead atoms. The van der Waals surface area contributed by atoms with Crippen LogP contribution in [0.5, 0.6) is 0 Å². The van der Waals surface area contributed by atoms with Crippen LogP contribution in [0.25, 0.3) is 0 Å². The number of piperidine rings is 1. The molecule has 170 valence electrons. The molecule has 3 atom stereocenters. The number of oxime groups is 1. The van der Waals surface area contributed by atoms with Gasteiger partial charge in [0.15, 0.2) is 0 Å². The second-order valence-corrected chi connectivity index (χ2v) is 9.50. The quantitative estimate of drug-likeness (QED) is 0.724. The number of rotatable bonds is 7. The number of nitrogens with zero attached hydrogens (tertiary/aromatic N) is 3. The Morgan fingerprint density at radius 1 is 1.32 bits per heavy atom. The molecule has 3 rings (SSSR count). The zero-order valence-electron chi connectivity index (χ0n) is 19.5. The van der Waals surface area contributed by atoms with Crippen molar-refractivity contribution in [2.24, 2.45) is 10.6 Å². The van der Waals surface area contributed by atoms with Crippen molar-refractivity contribution in [3.63, 3.8) is 0 Å². The first-order valence-corrected chi connectivity index (χ1v) is 11.2. The van der Waals surface area contributed by atoms with Crippen LogP contribution < -0.4 is 5.32 Å². The summed E-state index contributed by atoms with van der Waals surface area (Å²) < 4.78 is 0. The van der Waals surface area contributed by atoms with Crippen LogP contribution >= 0.6 is 0 Å². The zero-order chi connectivity index (χ0) is 22.6. The molecule has 2 aliphatic heterocycles. The molecule has 7 nitrogen and oxygen atoms in total. The summed E-state index contributed by atoms with van der Waals surface area (Å²) in [7, 11) is 3.99. The number of aryl methyl sites for hydroxylation is 1. The van der Waals surface area contributed by atoms with Gasteiger partial charge in [0.25, 0.3) is 0 Å². The van der Waals surface area contributed by atoms with E-state index in [4.69, 9.17) is 4.84 Å².